The highest BCUT2D eigenvalue weighted by Crippen LogP contribution is 2.26. The molecule has 0 aliphatic heterocycles. The van der Waals surface area contributed by atoms with Crippen LogP contribution in [0.15, 0.2) is 23.3 Å². The summed E-state index contributed by atoms with van der Waals surface area (Å²) in [7, 11) is 0. The monoisotopic (exact) mass is 330 g/mol. The van der Waals surface area contributed by atoms with Crippen molar-refractivity contribution < 1.29 is 14.6 Å². The minimum absolute atomic E-state index is 0.0730. The highest BCUT2D eigenvalue weighted by molar-refractivity contribution is 5.83. The van der Waals surface area contributed by atoms with Crippen LogP contribution in [0.1, 0.15) is 35.9 Å². The minimum Gasteiger partial charge on any atom is -0.504 e. The van der Waals surface area contributed by atoms with Gasteiger partial charge in [0.15, 0.2) is 11.5 Å². The van der Waals surface area contributed by atoms with Crippen LogP contribution in [0, 0.1) is 13.8 Å². The smallest absolute Gasteiger partial charge is 0.240 e. The van der Waals surface area contributed by atoms with Gasteiger partial charge in [-0.3, -0.25) is 9.89 Å². The molecular weight excluding hydrogens is 308 g/mol. The molecule has 1 aromatic heterocycles. The molecule has 128 valence electrons. The quantitative estimate of drug-likeness (QED) is 0.535. The Balaban J connectivity index is 1.87. The van der Waals surface area contributed by atoms with Gasteiger partial charge in [0.1, 0.15) is 0 Å². The Hall–Kier alpha value is -2.83. The number of hydrogen-bond donors (Lipinski definition) is 3. The van der Waals surface area contributed by atoms with Crippen molar-refractivity contribution in [2.75, 3.05) is 6.61 Å². The topological polar surface area (TPSA) is 99.6 Å². The van der Waals surface area contributed by atoms with E-state index in [2.05, 4.69) is 20.7 Å². The predicted molar refractivity (Wildman–Crippen MR) is 91.4 cm³/mol. The Morgan fingerprint density at radius 1 is 1.46 bits per heavy atom. The highest BCUT2D eigenvalue weighted by Gasteiger charge is 2.08. The normalized spacial score (nSPS) is 11.0. The molecule has 2 aromatic rings. The maximum Gasteiger partial charge on any atom is 0.240 e. The van der Waals surface area contributed by atoms with E-state index in [1.165, 1.54) is 12.3 Å². The molecule has 0 spiro atoms. The maximum absolute atomic E-state index is 11.9. The second kappa shape index (κ2) is 8.14. The van der Waals surface area contributed by atoms with Crippen LogP contribution < -0.4 is 10.2 Å². The molecule has 1 aromatic carbocycles. The number of aromatic amines is 1. The molecule has 0 unspecified atom stereocenters. The third-order valence-corrected chi connectivity index (χ3v) is 3.57. The van der Waals surface area contributed by atoms with Crippen LogP contribution in [0.4, 0.5) is 0 Å². The number of aromatic nitrogens is 2. The average molecular weight is 330 g/mol. The number of hydrazone groups is 1. The largest absolute Gasteiger partial charge is 0.504 e. The zero-order valence-electron chi connectivity index (χ0n) is 14.1. The predicted octanol–water partition coefficient (Wildman–Crippen LogP) is 2.21. The van der Waals surface area contributed by atoms with Gasteiger partial charge >= 0.3 is 0 Å². The molecule has 0 bridgehead atoms. The van der Waals surface area contributed by atoms with Gasteiger partial charge in [-0.1, -0.05) is 0 Å². The van der Waals surface area contributed by atoms with Crippen LogP contribution in [0.2, 0.25) is 0 Å². The van der Waals surface area contributed by atoms with Crippen molar-refractivity contribution in [1.82, 2.24) is 15.6 Å². The van der Waals surface area contributed by atoms with E-state index in [9.17, 15) is 9.90 Å². The van der Waals surface area contributed by atoms with Crippen LogP contribution in [0.3, 0.4) is 0 Å². The summed E-state index contributed by atoms with van der Waals surface area (Å²) in [6.07, 6.45) is 2.45. The first-order chi connectivity index (χ1) is 11.5. The van der Waals surface area contributed by atoms with E-state index in [1.54, 1.807) is 12.1 Å². The van der Waals surface area contributed by atoms with Gasteiger partial charge in [0.05, 0.1) is 18.5 Å². The lowest BCUT2D eigenvalue weighted by atomic mass is 10.1. The fourth-order valence-corrected chi connectivity index (χ4v) is 2.30. The van der Waals surface area contributed by atoms with Gasteiger partial charge in [0, 0.05) is 12.1 Å². The van der Waals surface area contributed by atoms with Gasteiger partial charge in [-0.2, -0.15) is 10.2 Å². The number of rotatable bonds is 7. The van der Waals surface area contributed by atoms with E-state index in [0.717, 1.165) is 22.5 Å². The van der Waals surface area contributed by atoms with E-state index in [1.807, 2.05) is 20.8 Å². The molecule has 1 heterocycles. The molecule has 0 aliphatic rings. The van der Waals surface area contributed by atoms with Gasteiger partial charge in [-0.05, 0) is 56.5 Å². The van der Waals surface area contributed by atoms with Crippen molar-refractivity contribution in [3.05, 3.63) is 40.7 Å². The Morgan fingerprint density at radius 2 is 2.25 bits per heavy atom. The molecule has 2 rings (SSSR count). The summed E-state index contributed by atoms with van der Waals surface area (Å²) in [6, 6.07) is 4.87. The van der Waals surface area contributed by atoms with E-state index in [-0.39, 0.29) is 11.7 Å². The number of carbonyl (C=O) groups excluding carboxylic acids is 1. The number of H-pyrrole nitrogens is 1. The van der Waals surface area contributed by atoms with Crippen molar-refractivity contribution in [3.63, 3.8) is 0 Å². The standard InChI is InChI=1S/C17H22N4O3/c1-4-24-16-9-13(5-7-15(16)22)10-18-21-17(23)8-6-14-11(2)19-20-12(14)3/h5,7,9-10,22H,4,6,8H2,1-3H3,(H,19,20)(H,21,23)/b18-10-. The van der Waals surface area contributed by atoms with Crippen molar-refractivity contribution >= 4 is 12.1 Å². The number of phenolic OH excluding ortho intramolecular Hbond substituents is 1. The van der Waals surface area contributed by atoms with Crippen LogP contribution in [-0.4, -0.2) is 34.0 Å². The summed E-state index contributed by atoms with van der Waals surface area (Å²) in [5.41, 5.74) is 6.18. The zero-order chi connectivity index (χ0) is 17.5. The molecule has 3 N–H and O–H groups in total. The SMILES string of the molecule is CCOc1cc(/C=N\NC(=O)CCc2c(C)n[nH]c2C)ccc1O. The van der Waals surface area contributed by atoms with Crippen LogP contribution in [-0.2, 0) is 11.2 Å². The molecule has 0 radical (unpaired) electrons. The number of aromatic hydroxyl groups is 1. The number of amides is 1. The van der Waals surface area contributed by atoms with E-state index in [4.69, 9.17) is 4.74 Å². The second-order valence-electron chi connectivity index (χ2n) is 5.37. The van der Waals surface area contributed by atoms with Crippen molar-refractivity contribution in [3.8, 4) is 11.5 Å². The number of phenols is 1. The Bertz CT molecular complexity index is 718. The minimum atomic E-state index is -0.171. The highest BCUT2D eigenvalue weighted by atomic mass is 16.5. The summed E-state index contributed by atoms with van der Waals surface area (Å²) in [5.74, 6) is 0.289. The number of carbonyl (C=O) groups is 1. The third-order valence-electron chi connectivity index (χ3n) is 3.57. The number of nitrogens with one attached hydrogen (secondary N) is 2. The summed E-state index contributed by atoms with van der Waals surface area (Å²) < 4.78 is 5.30. The number of nitrogens with zero attached hydrogens (tertiary/aromatic N) is 2. The summed E-state index contributed by atoms with van der Waals surface area (Å²) >= 11 is 0. The second-order valence-corrected chi connectivity index (χ2v) is 5.37. The Labute approximate surface area is 140 Å². The first-order valence-electron chi connectivity index (χ1n) is 7.79. The first-order valence-corrected chi connectivity index (χ1v) is 7.79. The van der Waals surface area contributed by atoms with E-state index >= 15 is 0 Å². The molecule has 0 aliphatic carbocycles. The van der Waals surface area contributed by atoms with E-state index < -0.39 is 0 Å². The molecule has 0 fully saturated rings. The van der Waals surface area contributed by atoms with Crippen LogP contribution in [0.25, 0.3) is 0 Å². The molecule has 24 heavy (non-hydrogen) atoms. The average Bonchev–Trinajstić information content (AvgIpc) is 2.87. The molecule has 0 saturated heterocycles. The zero-order valence-corrected chi connectivity index (χ0v) is 14.1. The molecule has 7 heteroatoms. The van der Waals surface area contributed by atoms with E-state index in [0.29, 0.717) is 25.2 Å². The summed E-state index contributed by atoms with van der Waals surface area (Å²) in [5, 5.41) is 20.6. The molecule has 0 atom stereocenters. The van der Waals surface area contributed by atoms with Crippen LogP contribution >= 0.6 is 0 Å². The fourth-order valence-electron chi connectivity index (χ4n) is 2.30. The summed E-state index contributed by atoms with van der Waals surface area (Å²) in [6.45, 7) is 6.14. The lowest BCUT2D eigenvalue weighted by Gasteiger charge is -2.06. The van der Waals surface area contributed by atoms with Gasteiger partial charge in [-0.15, -0.1) is 0 Å². The Morgan fingerprint density at radius 3 is 2.92 bits per heavy atom. The van der Waals surface area contributed by atoms with Gasteiger partial charge in [0.2, 0.25) is 5.91 Å². The molecule has 7 nitrogen and oxygen atoms in total. The maximum atomic E-state index is 11.9. The number of hydrogen-bond acceptors (Lipinski definition) is 5. The molecular formula is C17H22N4O3. The Kier molecular flexibility index (Phi) is 5.95. The van der Waals surface area contributed by atoms with Crippen LogP contribution in [0.5, 0.6) is 11.5 Å². The number of benzene rings is 1. The third kappa shape index (κ3) is 4.58. The van der Waals surface area contributed by atoms with Gasteiger partial charge in [0.25, 0.3) is 0 Å². The lowest BCUT2D eigenvalue weighted by molar-refractivity contribution is -0.121. The molecule has 1 amide bonds. The lowest BCUT2D eigenvalue weighted by Crippen LogP contribution is -2.18. The number of aryl methyl sites for hydroxylation is 2. The van der Waals surface area contributed by atoms with Crippen molar-refractivity contribution in [1.29, 1.82) is 0 Å². The van der Waals surface area contributed by atoms with Gasteiger partial charge < -0.3 is 9.84 Å². The van der Waals surface area contributed by atoms with Crippen molar-refractivity contribution in [2.24, 2.45) is 5.10 Å². The summed E-state index contributed by atoms with van der Waals surface area (Å²) in [4.78, 5) is 11.9. The fraction of sp³-hybridized carbons (Fsp3) is 0.353. The molecule has 0 saturated carbocycles. The van der Waals surface area contributed by atoms with Crippen molar-refractivity contribution in [2.45, 2.75) is 33.6 Å². The first kappa shape index (κ1) is 17.5. The number of ether oxygens (including phenoxy) is 1. The van der Waals surface area contributed by atoms with Gasteiger partial charge in [-0.25, -0.2) is 5.43 Å².